The lowest BCUT2D eigenvalue weighted by Crippen LogP contribution is -2.32. The zero-order valence-corrected chi connectivity index (χ0v) is 25.4. The lowest BCUT2D eigenvalue weighted by molar-refractivity contribution is -0.274. The Hall–Kier alpha value is -4.85. The Balaban J connectivity index is 1.22. The van der Waals surface area contributed by atoms with Gasteiger partial charge in [0.25, 0.3) is 0 Å². The van der Waals surface area contributed by atoms with E-state index in [1.54, 1.807) is 13.2 Å². The van der Waals surface area contributed by atoms with E-state index in [1.807, 2.05) is 50.2 Å². The van der Waals surface area contributed by atoms with Crippen LogP contribution in [0.15, 0.2) is 78.0 Å². The lowest BCUT2D eigenvalue weighted by Gasteiger charge is -2.22. The molecule has 1 N–H and O–H groups in total. The average Bonchev–Trinajstić information content (AvgIpc) is 3.63. The molecule has 0 aliphatic carbocycles. The summed E-state index contributed by atoms with van der Waals surface area (Å²) in [6, 6.07) is 17.7. The Morgan fingerprint density at radius 3 is 2.56 bits per heavy atom. The van der Waals surface area contributed by atoms with Crippen LogP contribution in [0.1, 0.15) is 30.9 Å². The van der Waals surface area contributed by atoms with Gasteiger partial charge in [0.1, 0.15) is 17.8 Å². The number of hydrogen-bond acceptors (Lipinski definition) is 7. The SMILES string of the molecule is COc1ccc(C(C)C)c(N2C(=O)CSC2=NC(=O)NCCc2cccc(-c3ncn(-c4ccc(OC(F)(F)F)cc4)n3)c2)c1. The highest BCUT2D eigenvalue weighted by molar-refractivity contribution is 8.15. The summed E-state index contributed by atoms with van der Waals surface area (Å²) in [6.45, 7) is 4.35. The maximum absolute atomic E-state index is 12.8. The van der Waals surface area contributed by atoms with E-state index in [2.05, 4.69) is 25.1 Å². The Bertz CT molecular complexity index is 1720. The number of hydrogen-bond donors (Lipinski definition) is 1. The summed E-state index contributed by atoms with van der Waals surface area (Å²) < 4.78 is 48.0. The fourth-order valence-corrected chi connectivity index (χ4v) is 5.50. The number of amides is 3. The Labute approximate surface area is 261 Å². The molecule has 2 heterocycles. The molecule has 45 heavy (non-hydrogen) atoms. The predicted octanol–water partition coefficient (Wildman–Crippen LogP) is 6.35. The number of aliphatic imine (C=N–C) groups is 1. The van der Waals surface area contributed by atoms with E-state index >= 15 is 0 Å². The van der Waals surface area contributed by atoms with E-state index in [4.69, 9.17) is 4.74 Å². The zero-order valence-electron chi connectivity index (χ0n) is 24.5. The van der Waals surface area contributed by atoms with Gasteiger partial charge in [0.05, 0.1) is 24.2 Å². The molecule has 5 rings (SSSR count). The molecule has 3 amide bonds. The topological polar surface area (TPSA) is 111 Å². The molecule has 1 aliphatic heterocycles. The third-order valence-electron chi connectivity index (χ3n) is 6.76. The van der Waals surface area contributed by atoms with Crippen LogP contribution in [-0.2, 0) is 11.2 Å². The number of benzene rings is 3. The van der Waals surface area contributed by atoms with Gasteiger partial charge in [0.15, 0.2) is 11.0 Å². The molecule has 0 atom stereocenters. The highest BCUT2D eigenvalue weighted by Crippen LogP contribution is 2.36. The summed E-state index contributed by atoms with van der Waals surface area (Å²) in [7, 11) is 1.55. The molecular weight excluding hydrogens is 609 g/mol. The maximum Gasteiger partial charge on any atom is 0.573 e. The van der Waals surface area contributed by atoms with Crippen molar-refractivity contribution in [3.05, 3.63) is 84.2 Å². The van der Waals surface area contributed by atoms with Crippen LogP contribution in [0, 0.1) is 0 Å². The number of amidine groups is 1. The second kappa shape index (κ2) is 13.4. The molecule has 0 bridgehead atoms. The van der Waals surface area contributed by atoms with Crippen LogP contribution in [-0.4, -0.2) is 57.6 Å². The maximum atomic E-state index is 12.8. The zero-order chi connectivity index (χ0) is 32.1. The minimum absolute atomic E-state index is 0.132. The molecule has 0 spiro atoms. The van der Waals surface area contributed by atoms with Crippen molar-refractivity contribution in [3.8, 4) is 28.6 Å². The average molecular weight is 639 g/mol. The first-order valence-corrected chi connectivity index (χ1v) is 14.9. The molecule has 1 fully saturated rings. The van der Waals surface area contributed by atoms with E-state index in [9.17, 15) is 22.8 Å². The molecule has 3 aromatic carbocycles. The van der Waals surface area contributed by atoms with Gasteiger partial charge in [0.2, 0.25) is 5.91 Å². The molecule has 1 saturated heterocycles. The van der Waals surface area contributed by atoms with Crippen LogP contribution in [0.4, 0.5) is 23.7 Å². The van der Waals surface area contributed by atoms with E-state index in [1.165, 1.54) is 51.9 Å². The van der Waals surface area contributed by atoms with Gasteiger partial charge in [-0.1, -0.05) is 49.9 Å². The van der Waals surface area contributed by atoms with Gasteiger partial charge >= 0.3 is 12.4 Å². The number of urea groups is 1. The number of carbonyl (C=O) groups is 2. The first kappa shape index (κ1) is 31.6. The van der Waals surface area contributed by atoms with Crippen molar-refractivity contribution in [2.45, 2.75) is 32.5 Å². The minimum atomic E-state index is -4.77. The van der Waals surface area contributed by atoms with Gasteiger partial charge in [0, 0.05) is 18.2 Å². The van der Waals surface area contributed by atoms with Gasteiger partial charge in [-0.3, -0.25) is 9.69 Å². The number of rotatable bonds is 9. The van der Waals surface area contributed by atoms with Crippen molar-refractivity contribution >= 4 is 34.6 Å². The van der Waals surface area contributed by atoms with Crippen molar-refractivity contribution in [1.29, 1.82) is 0 Å². The fourth-order valence-electron chi connectivity index (χ4n) is 4.64. The van der Waals surface area contributed by atoms with Crippen LogP contribution in [0.25, 0.3) is 17.1 Å². The second-order valence-corrected chi connectivity index (χ2v) is 11.2. The van der Waals surface area contributed by atoms with E-state index in [-0.39, 0.29) is 23.3 Å². The predicted molar refractivity (Wildman–Crippen MR) is 165 cm³/mol. The monoisotopic (exact) mass is 638 g/mol. The number of aromatic nitrogens is 3. The number of nitrogens with one attached hydrogen (secondary N) is 1. The molecule has 4 aromatic rings. The number of methoxy groups -OCH3 is 1. The van der Waals surface area contributed by atoms with Crippen molar-refractivity contribution < 1.29 is 32.2 Å². The molecule has 1 aromatic heterocycles. The largest absolute Gasteiger partial charge is 0.573 e. The van der Waals surface area contributed by atoms with Gasteiger partial charge in [-0.15, -0.1) is 18.3 Å². The summed E-state index contributed by atoms with van der Waals surface area (Å²) in [5, 5.41) is 7.53. The second-order valence-electron chi connectivity index (χ2n) is 10.2. The van der Waals surface area contributed by atoms with Crippen LogP contribution < -0.4 is 19.7 Å². The highest BCUT2D eigenvalue weighted by atomic mass is 32.2. The molecule has 10 nitrogen and oxygen atoms in total. The third kappa shape index (κ3) is 7.81. The summed E-state index contributed by atoms with van der Waals surface area (Å²) >= 11 is 1.21. The quantitative estimate of drug-likeness (QED) is 0.227. The highest BCUT2D eigenvalue weighted by Gasteiger charge is 2.33. The van der Waals surface area contributed by atoms with Crippen molar-refractivity contribution in [2.24, 2.45) is 4.99 Å². The number of alkyl halides is 3. The molecule has 0 unspecified atom stereocenters. The number of carbonyl (C=O) groups excluding carboxylic acids is 2. The molecule has 0 radical (unpaired) electrons. The number of thioether (sulfide) groups is 1. The Morgan fingerprint density at radius 1 is 1.09 bits per heavy atom. The smallest absolute Gasteiger partial charge is 0.497 e. The van der Waals surface area contributed by atoms with Gasteiger partial charge in [-0.25, -0.2) is 14.5 Å². The molecule has 14 heteroatoms. The first-order valence-electron chi connectivity index (χ1n) is 13.9. The van der Waals surface area contributed by atoms with Crippen LogP contribution in [0.3, 0.4) is 0 Å². The summed E-state index contributed by atoms with van der Waals surface area (Å²) in [6.07, 6.45) is -2.81. The normalized spacial score (nSPS) is 14.3. The summed E-state index contributed by atoms with van der Waals surface area (Å²) in [5.74, 6) is 0.831. The van der Waals surface area contributed by atoms with Crippen LogP contribution >= 0.6 is 11.8 Å². The Kier molecular flexibility index (Phi) is 9.42. The molecular formula is C31H29F3N6O4S. The lowest BCUT2D eigenvalue weighted by atomic mass is 10.00. The van der Waals surface area contributed by atoms with Crippen molar-refractivity contribution in [2.75, 3.05) is 24.3 Å². The van der Waals surface area contributed by atoms with Gasteiger partial charge < -0.3 is 14.8 Å². The summed E-state index contributed by atoms with van der Waals surface area (Å²) in [4.78, 5) is 35.6. The number of nitrogens with zero attached hydrogens (tertiary/aromatic N) is 5. The molecule has 234 valence electrons. The van der Waals surface area contributed by atoms with Crippen LogP contribution in [0.5, 0.6) is 11.5 Å². The minimum Gasteiger partial charge on any atom is -0.497 e. The van der Waals surface area contributed by atoms with Gasteiger partial charge in [-0.2, -0.15) is 4.99 Å². The van der Waals surface area contributed by atoms with E-state index in [0.717, 1.165) is 16.7 Å². The number of ether oxygens (including phenoxy) is 2. The summed E-state index contributed by atoms with van der Waals surface area (Å²) in [5.41, 5.74) is 3.73. The van der Waals surface area contributed by atoms with E-state index < -0.39 is 12.4 Å². The third-order valence-corrected chi connectivity index (χ3v) is 7.69. The van der Waals surface area contributed by atoms with Gasteiger partial charge in [-0.05, 0) is 59.9 Å². The first-order chi connectivity index (χ1) is 21.5. The van der Waals surface area contributed by atoms with Crippen LogP contribution in [0.2, 0.25) is 0 Å². The van der Waals surface area contributed by atoms with E-state index in [0.29, 0.717) is 41.1 Å². The standard InChI is InChI=1S/C31H29F3N6O4S/c1-19(2)25-12-11-24(43-3)16-26(25)40-27(41)17-45-30(40)37-29(42)35-14-13-20-5-4-6-21(15-20)28-36-18-39(38-28)22-7-9-23(10-8-22)44-31(32,33)34/h4-12,15-16,18-19H,13-14,17H2,1-3H3,(H,35,42). The number of anilines is 1. The number of halogens is 3. The Morgan fingerprint density at radius 2 is 1.84 bits per heavy atom. The molecule has 0 saturated carbocycles. The van der Waals surface area contributed by atoms with Crippen molar-refractivity contribution in [1.82, 2.24) is 20.1 Å². The van der Waals surface area contributed by atoms with Crippen molar-refractivity contribution in [3.63, 3.8) is 0 Å². The fraction of sp³-hybridized carbons (Fsp3) is 0.258. The molecule has 1 aliphatic rings.